The molecule has 2 heterocycles. The summed E-state index contributed by atoms with van der Waals surface area (Å²) in [6.45, 7) is 6.17. The van der Waals surface area contributed by atoms with Gasteiger partial charge in [-0.1, -0.05) is 20.8 Å². The molecule has 2 bridgehead atoms. The molecule has 128 valence electrons. The zero-order valence-electron chi connectivity index (χ0n) is 14.1. The van der Waals surface area contributed by atoms with Gasteiger partial charge in [-0.05, 0) is 31.1 Å². The lowest BCUT2D eigenvalue weighted by molar-refractivity contribution is -0.134. The molecule has 0 aliphatic carbocycles. The highest BCUT2D eigenvalue weighted by molar-refractivity contribution is 5.85. The van der Waals surface area contributed by atoms with E-state index in [1.807, 2.05) is 32.7 Å². The van der Waals surface area contributed by atoms with Crippen molar-refractivity contribution in [2.24, 2.45) is 5.41 Å². The summed E-state index contributed by atoms with van der Waals surface area (Å²) in [7, 11) is 1.87. The summed E-state index contributed by atoms with van der Waals surface area (Å²) in [4.78, 5) is 25.9. The summed E-state index contributed by atoms with van der Waals surface area (Å²) in [6.07, 6.45) is 4.97. The van der Waals surface area contributed by atoms with Gasteiger partial charge in [0.2, 0.25) is 11.8 Å². The van der Waals surface area contributed by atoms with Crippen LogP contribution < -0.4 is 10.6 Å². The normalized spacial score (nSPS) is 27.0. The standard InChI is InChI=1S/C16H29N3O2.ClH/c1-16(2,3)9-14(20)17-10-15(21)19(4)13-7-11-5-6-12(8-13)18-11;/h11-13,18H,5-10H2,1-4H3,(H,17,20);1H. The number of hydrogen-bond donors (Lipinski definition) is 2. The molecule has 0 saturated carbocycles. The number of amides is 2. The smallest absolute Gasteiger partial charge is 0.241 e. The van der Waals surface area contributed by atoms with Gasteiger partial charge in [-0.2, -0.15) is 0 Å². The predicted molar refractivity (Wildman–Crippen MR) is 90.1 cm³/mol. The monoisotopic (exact) mass is 331 g/mol. The minimum atomic E-state index is -0.0483. The molecule has 0 aromatic rings. The van der Waals surface area contributed by atoms with Crippen molar-refractivity contribution in [2.75, 3.05) is 13.6 Å². The largest absolute Gasteiger partial charge is 0.347 e. The fourth-order valence-corrected chi connectivity index (χ4v) is 3.39. The van der Waals surface area contributed by atoms with E-state index in [9.17, 15) is 9.59 Å². The van der Waals surface area contributed by atoms with Gasteiger partial charge < -0.3 is 15.5 Å². The van der Waals surface area contributed by atoms with Crippen molar-refractivity contribution in [1.82, 2.24) is 15.5 Å². The maximum Gasteiger partial charge on any atom is 0.241 e. The van der Waals surface area contributed by atoms with Crippen molar-refractivity contribution in [3.63, 3.8) is 0 Å². The second-order valence-corrected chi connectivity index (χ2v) is 7.78. The lowest BCUT2D eigenvalue weighted by Gasteiger charge is -2.35. The number of carbonyl (C=O) groups is 2. The first-order chi connectivity index (χ1) is 9.74. The Kier molecular flexibility index (Phi) is 6.68. The predicted octanol–water partition coefficient (Wildman–Crippen LogP) is 1.70. The molecule has 22 heavy (non-hydrogen) atoms. The van der Waals surface area contributed by atoms with Crippen molar-refractivity contribution in [3.05, 3.63) is 0 Å². The number of fused-ring (bicyclic) bond motifs is 2. The van der Waals surface area contributed by atoms with Gasteiger partial charge in [0.15, 0.2) is 0 Å². The summed E-state index contributed by atoms with van der Waals surface area (Å²) in [6, 6.07) is 1.45. The fourth-order valence-electron chi connectivity index (χ4n) is 3.39. The van der Waals surface area contributed by atoms with Gasteiger partial charge in [-0.3, -0.25) is 9.59 Å². The molecule has 2 aliphatic rings. The summed E-state index contributed by atoms with van der Waals surface area (Å²) in [5, 5.41) is 6.33. The second-order valence-electron chi connectivity index (χ2n) is 7.78. The lowest BCUT2D eigenvalue weighted by atomic mass is 9.92. The molecule has 2 aliphatic heterocycles. The van der Waals surface area contributed by atoms with E-state index in [2.05, 4.69) is 10.6 Å². The zero-order chi connectivity index (χ0) is 15.6. The number of halogens is 1. The second kappa shape index (κ2) is 7.64. The van der Waals surface area contributed by atoms with Crippen LogP contribution in [-0.4, -0.2) is 48.4 Å². The number of rotatable bonds is 4. The minimum Gasteiger partial charge on any atom is -0.347 e. The average Bonchev–Trinajstić information content (AvgIpc) is 2.72. The van der Waals surface area contributed by atoms with Crippen LogP contribution in [0.15, 0.2) is 0 Å². The zero-order valence-corrected chi connectivity index (χ0v) is 15.0. The Morgan fingerprint density at radius 1 is 1.18 bits per heavy atom. The van der Waals surface area contributed by atoms with Crippen LogP contribution in [0.5, 0.6) is 0 Å². The third-order valence-corrected chi connectivity index (χ3v) is 4.52. The van der Waals surface area contributed by atoms with Crippen molar-refractivity contribution >= 4 is 24.2 Å². The summed E-state index contributed by atoms with van der Waals surface area (Å²) in [5.41, 5.74) is -0.0483. The number of likely N-dealkylation sites (N-methyl/N-ethyl adjacent to an activating group) is 1. The van der Waals surface area contributed by atoms with Gasteiger partial charge in [0, 0.05) is 31.6 Å². The Morgan fingerprint density at radius 2 is 1.73 bits per heavy atom. The molecule has 2 N–H and O–H groups in total. The molecule has 5 nitrogen and oxygen atoms in total. The molecule has 6 heteroatoms. The molecule has 0 aromatic heterocycles. The van der Waals surface area contributed by atoms with Gasteiger partial charge in [0.05, 0.1) is 6.54 Å². The molecule has 2 rings (SSSR count). The molecule has 2 saturated heterocycles. The highest BCUT2D eigenvalue weighted by Gasteiger charge is 2.36. The number of hydrogen-bond acceptors (Lipinski definition) is 3. The topological polar surface area (TPSA) is 61.4 Å². The Labute approximate surface area is 140 Å². The molecule has 0 radical (unpaired) electrons. The van der Waals surface area contributed by atoms with E-state index in [0.29, 0.717) is 24.5 Å². The van der Waals surface area contributed by atoms with Crippen molar-refractivity contribution in [2.45, 2.75) is 71.0 Å². The summed E-state index contributed by atoms with van der Waals surface area (Å²) in [5.74, 6) is -0.0295. The summed E-state index contributed by atoms with van der Waals surface area (Å²) < 4.78 is 0. The van der Waals surface area contributed by atoms with Crippen molar-refractivity contribution < 1.29 is 9.59 Å². The van der Waals surface area contributed by atoms with Crippen LogP contribution in [0.4, 0.5) is 0 Å². The van der Waals surface area contributed by atoms with Crippen LogP contribution in [0.2, 0.25) is 0 Å². The number of piperidine rings is 1. The molecular weight excluding hydrogens is 302 g/mol. The van der Waals surface area contributed by atoms with Crippen molar-refractivity contribution in [1.29, 1.82) is 0 Å². The van der Waals surface area contributed by atoms with Gasteiger partial charge in [0.1, 0.15) is 0 Å². The molecule has 0 aromatic carbocycles. The third kappa shape index (κ3) is 5.43. The Morgan fingerprint density at radius 3 is 2.23 bits per heavy atom. The first kappa shape index (κ1) is 19.2. The van der Waals surface area contributed by atoms with Crippen LogP contribution >= 0.6 is 12.4 Å². The summed E-state index contributed by atoms with van der Waals surface area (Å²) >= 11 is 0. The van der Waals surface area contributed by atoms with E-state index in [-0.39, 0.29) is 36.2 Å². The van der Waals surface area contributed by atoms with Crippen LogP contribution in [0.3, 0.4) is 0 Å². The van der Waals surface area contributed by atoms with E-state index in [1.54, 1.807) is 0 Å². The van der Waals surface area contributed by atoms with Gasteiger partial charge >= 0.3 is 0 Å². The van der Waals surface area contributed by atoms with Crippen LogP contribution in [0, 0.1) is 5.41 Å². The van der Waals surface area contributed by atoms with E-state index >= 15 is 0 Å². The number of nitrogens with one attached hydrogen (secondary N) is 2. The fraction of sp³-hybridized carbons (Fsp3) is 0.875. The van der Waals surface area contributed by atoms with E-state index in [0.717, 1.165) is 12.8 Å². The molecule has 2 amide bonds. The van der Waals surface area contributed by atoms with E-state index in [1.165, 1.54) is 12.8 Å². The van der Waals surface area contributed by atoms with Crippen molar-refractivity contribution in [3.8, 4) is 0 Å². The van der Waals surface area contributed by atoms with Gasteiger partial charge in [0.25, 0.3) is 0 Å². The SMILES string of the molecule is CN(C(=O)CNC(=O)CC(C)(C)C)C1CC2CCC(C1)N2.Cl. The maximum atomic E-state index is 12.2. The maximum absolute atomic E-state index is 12.2. The number of carbonyl (C=O) groups excluding carboxylic acids is 2. The van der Waals surface area contributed by atoms with Crippen LogP contribution in [0.1, 0.15) is 52.9 Å². The third-order valence-electron chi connectivity index (χ3n) is 4.52. The van der Waals surface area contributed by atoms with E-state index in [4.69, 9.17) is 0 Å². The molecule has 0 spiro atoms. The average molecular weight is 332 g/mol. The number of nitrogens with zero attached hydrogens (tertiary/aromatic N) is 1. The molecular formula is C16H30ClN3O2. The first-order valence-electron chi connectivity index (χ1n) is 8.03. The van der Waals surface area contributed by atoms with Gasteiger partial charge in [-0.25, -0.2) is 0 Å². The Bertz CT molecular complexity index is 397. The highest BCUT2D eigenvalue weighted by atomic mass is 35.5. The minimum absolute atomic E-state index is 0. The van der Waals surface area contributed by atoms with E-state index < -0.39 is 0 Å². The molecule has 2 fully saturated rings. The Balaban J connectivity index is 0.00000242. The molecule has 2 atom stereocenters. The lowest BCUT2D eigenvalue weighted by Crippen LogP contribution is -2.50. The van der Waals surface area contributed by atoms with Gasteiger partial charge in [-0.15, -0.1) is 12.4 Å². The van der Waals surface area contributed by atoms with Crippen LogP contribution in [-0.2, 0) is 9.59 Å². The molecule has 2 unspecified atom stereocenters. The Hall–Kier alpha value is -0.810. The highest BCUT2D eigenvalue weighted by Crippen LogP contribution is 2.29. The quantitative estimate of drug-likeness (QED) is 0.824. The first-order valence-corrected chi connectivity index (χ1v) is 8.03. The van der Waals surface area contributed by atoms with Crippen LogP contribution in [0.25, 0.3) is 0 Å².